The number of aromatic nitrogens is 4. The number of rotatable bonds is 2. The number of nitrogens with one attached hydrogen (secondary N) is 1. The monoisotopic (exact) mass is 391 g/mol. The van der Waals surface area contributed by atoms with Crippen molar-refractivity contribution in [1.82, 2.24) is 24.5 Å². The van der Waals surface area contributed by atoms with Gasteiger partial charge in [0.2, 0.25) is 0 Å². The van der Waals surface area contributed by atoms with Crippen molar-refractivity contribution in [2.24, 2.45) is 0 Å². The Bertz CT molecular complexity index is 981. The molecule has 1 fully saturated rings. The Labute approximate surface area is 157 Å². The number of carbonyl (C=O) groups excluding carboxylic acids is 1. The molecule has 0 aromatic carbocycles. The zero-order valence-corrected chi connectivity index (χ0v) is 14.6. The highest BCUT2D eigenvalue weighted by molar-refractivity contribution is 5.89. The molecule has 4 heterocycles. The molecule has 0 aliphatic carbocycles. The number of hydrogen-bond donors (Lipinski definition) is 1. The van der Waals surface area contributed by atoms with E-state index in [1.54, 1.807) is 17.3 Å². The van der Waals surface area contributed by atoms with Crippen LogP contribution in [0, 0.1) is 0 Å². The first-order chi connectivity index (χ1) is 13.4. The summed E-state index contributed by atoms with van der Waals surface area (Å²) in [7, 11) is 0. The number of anilines is 2. The minimum Gasteiger partial charge on any atom is -0.368 e. The smallest absolute Gasteiger partial charge is 0.368 e. The summed E-state index contributed by atoms with van der Waals surface area (Å²) in [4.78, 5) is 24.0. The van der Waals surface area contributed by atoms with Crippen LogP contribution >= 0.6 is 0 Å². The van der Waals surface area contributed by atoms with Gasteiger partial charge in [0.15, 0.2) is 5.65 Å². The van der Waals surface area contributed by atoms with E-state index in [1.807, 2.05) is 12.1 Å². The second-order valence-corrected chi connectivity index (χ2v) is 6.27. The van der Waals surface area contributed by atoms with E-state index in [9.17, 15) is 18.0 Å². The molecule has 11 heteroatoms. The molecule has 1 N–H and O–H groups in total. The van der Waals surface area contributed by atoms with Crippen LogP contribution in [0.15, 0.2) is 43.0 Å². The molecule has 4 rings (SSSR count). The lowest BCUT2D eigenvalue weighted by Crippen LogP contribution is -2.50. The zero-order valence-electron chi connectivity index (χ0n) is 14.6. The Hall–Kier alpha value is -3.37. The zero-order chi connectivity index (χ0) is 19.7. The molecule has 2 amide bonds. The predicted molar refractivity (Wildman–Crippen MR) is 95.0 cm³/mol. The molecule has 146 valence electrons. The molecular formula is C17H16F3N7O. The van der Waals surface area contributed by atoms with E-state index in [0.29, 0.717) is 26.2 Å². The van der Waals surface area contributed by atoms with Gasteiger partial charge in [-0.1, -0.05) is 0 Å². The van der Waals surface area contributed by atoms with Gasteiger partial charge < -0.3 is 9.80 Å². The molecular weight excluding hydrogens is 375 g/mol. The highest BCUT2D eigenvalue weighted by Gasteiger charge is 2.32. The lowest BCUT2D eigenvalue weighted by Gasteiger charge is -2.36. The molecule has 0 spiro atoms. The first-order valence-corrected chi connectivity index (χ1v) is 8.54. The van der Waals surface area contributed by atoms with E-state index in [1.165, 1.54) is 4.52 Å². The van der Waals surface area contributed by atoms with Crippen LogP contribution in [0.2, 0.25) is 0 Å². The van der Waals surface area contributed by atoms with Gasteiger partial charge in [0.05, 0.1) is 5.56 Å². The second-order valence-electron chi connectivity index (χ2n) is 6.27. The van der Waals surface area contributed by atoms with Crippen LogP contribution in [-0.2, 0) is 6.18 Å². The number of urea groups is 1. The fourth-order valence-corrected chi connectivity index (χ4v) is 3.09. The maximum absolute atomic E-state index is 13.1. The third-order valence-electron chi connectivity index (χ3n) is 4.54. The van der Waals surface area contributed by atoms with Crippen molar-refractivity contribution >= 4 is 23.2 Å². The number of pyridine rings is 2. The van der Waals surface area contributed by atoms with E-state index in [-0.39, 0.29) is 11.5 Å². The van der Waals surface area contributed by atoms with E-state index < -0.39 is 17.8 Å². The topological polar surface area (TPSA) is 78.7 Å². The molecule has 8 nitrogen and oxygen atoms in total. The summed E-state index contributed by atoms with van der Waals surface area (Å²) in [5, 5.41) is 6.41. The molecule has 3 aromatic rings. The van der Waals surface area contributed by atoms with Crippen molar-refractivity contribution in [1.29, 1.82) is 0 Å². The molecule has 1 saturated heterocycles. The minimum absolute atomic E-state index is 0.00707. The van der Waals surface area contributed by atoms with Crippen LogP contribution in [0.1, 0.15) is 5.56 Å². The number of alkyl halides is 3. The SMILES string of the molecule is O=C(Nc1cc(C(F)(F)F)cc2ncnn12)N1CCN(c2ccncc2)CC1. The summed E-state index contributed by atoms with van der Waals surface area (Å²) in [6.45, 7) is 2.10. The van der Waals surface area contributed by atoms with E-state index >= 15 is 0 Å². The molecule has 0 radical (unpaired) electrons. The minimum atomic E-state index is -4.55. The predicted octanol–water partition coefficient (Wildman–Crippen LogP) is 2.50. The van der Waals surface area contributed by atoms with Crippen molar-refractivity contribution in [3.63, 3.8) is 0 Å². The number of halogens is 3. The van der Waals surface area contributed by atoms with Gasteiger partial charge in [0.25, 0.3) is 0 Å². The third-order valence-corrected chi connectivity index (χ3v) is 4.54. The van der Waals surface area contributed by atoms with Crippen LogP contribution in [0.4, 0.5) is 29.5 Å². The highest BCUT2D eigenvalue weighted by Crippen LogP contribution is 2.31. The summed E-state index contributed by atoms with van der Waals surface area (Å²) < 4.78 is 40.5. The van der Waals surface area contributed by atoms with Crippen LogP contribution < -0.4 is 10.2 Å². The number of fused-ring (bicyclic) bond motifs is 1. The number of amides is 2. The van der Waals surface area contributed by atoms with Gasteiger partial charge in [-0.05, 0) is 24.3 Å². The van der Waals surface area contributed by atoms with E-state index in [2.05, 4.69) is 25.3 Å². The van der Waals surface area contributed by atoms with Gasteiger partial charge in [-0.15, -0.1) is 0 Å². The second kappa shape index (κ2) is 6.98. The van der Waals surface area contributed by atoms with Crippen LogP contribution in [0.5, 0.6) is 0 Å². The summed E-state index contributed by atoms with van der Waals surface area (Å²) in [5.74, 6) is -0.0797. The maximum atomic E-state index is 13.1. The van der Waals surface area contributed by atoms with Crippen molar-refractivity contribution < 1.29 is 18.0 Å². The lowest BCUT2D eigenvalue weighted by atomic mass is 10.2. The fraction of sp³-hybridized carbons (Fsp3) is 0.294. The van der Waals surface area contributed by atoms with Crippen LogP contribution in [-0.4, -0.2) is 56.7 Å². The van der Waals surface area contributed by atoms with E-state index in [0.717, 1.165) is 24.1 Å². The number of piperazine rings is 1. The quantitative estimate of drug-likeness (QED) is 0.726. The summed E-state index contributed by atoms with van der Waals surface area (Å²) in [6.07, 6.45) is -0.0151. The summed E-state index contributed by atoms with van der Waals surface area (Å²) in [5.41, 5.74) is 0.121. The average molecular weight is 391 g/mol. The highest BCUT2D eigenvalue weighted by atomic mass is 19.4. The molecule has 1 aliphatic heterocycles. The largest absolute Gasteiger partial charge is 0.416 e. The fourth-order valence-electron chi connectivity index (χ4n) is 3.09. The van der Waals surface area contributed by atoms with Crippen molar-refractivity contribution in [2.75, 3.05) is 36.4 Å². The Balaban J connectivity index is 1.48. The van der Waals surface area contributed by atoms with Crippen molar-refractivity contribution in [3.05, 3.63) is 48.5 Å². The van der Waals surface area contributed by atoms with Crippen LogP contribution in [0.3, 0.4) is 0 Å². The molecule has 3 aromatic heterocycles. The Morgan fingerprint density at radius 2 is 1.79 bits per heavy atom. The van der Waals surface area contributed by atoms with Crippen molar-refractivity contribution in [3.8, 4) is 0 Å². The molecule has 0 bridgehead atoms. The van der Waals surface area contributed by atoms with Gasteiger partial charge in [0, 0.05) is 44.3 Å². The molecule has 28 heavy (non-hydrogen) atoms. The third kappa shape index (κ3) is 3.55. The molecule has 0 atom stereocenters. The van der Waals surface area contributed by atoms with Crippen molar-refractivity contribution in [2.45, 2.75) is 6.18 Å². The van der Waals surface area contributed by atoms with Gasteiger partial charge >= 0.3 is 12.2 Å². The Kier molecular flexibility index (Phi) is 4.49. The number of hydrogen-bond acceptors (Lipinski definition) is 5. The standard InChI is InChI=1S/C17H16F3N7O/c18-17(19,20)12-9-14-22-11-23-27(14)15(10-12)24-16(28)26-7-5-25(6-8-26)13-1-3-21-4-2-13/h1-4,9-11H,5-8H2,(H,24,28). The Morgan fingerprint density at radius 1 is 1.07 bits per heavy atom. The van der Waals surface area contributed by atoms with Gasteiger partial charge in [-0.3, -0.25) is 10.3 Å². The normalized spacial score (nSPS) is 15.1. The first kappa shape index (κ1) is 18.0. The van der Waals surface area contributed by atoms with E-state index in [4.69, 9.17) is 0 Å². The molecule has 1 aliphatic rings. The van der Waals surface area contributed by atoms with Crippen LogP contribution in [0.25, 0.3) is 5.65 Å². The van der Waals surface area contributed by atoms with Gasteiger partial charge in [-0.25, -0.2) is 9.78 Å². The first-order valence-electron chi connectivity index (χ1n) is 8.54. The maximum Gasteiger partial charge on any atom is 0.416 e. The lowest BCUT2D eigenvalue weighted by molar-refractivity contribution is -0.137. The summed E-state index contributed by atoms with van der Waals surface area (Å²) >= 11 is 0. The number of nitrogens with zero attached hydrogens (tertiary/aromatic N) is 6. The number of carbonyl (C=O) groups is 1. The average Bonchev–Trinajstić information content (AvgIpc) is 3.17. The summed E-state index contributed by atoms with van der Waals surface area (Å²) in [6, 6.07) is 5.04. The molecule has 0 unspecified atom stereocenters. The molecule has 0 saturated carbocycles. The van der Waals surface area contributed by atoms with Gasteiger partial charge in [-0.2, -0.15) is 22.8 Å². The Morgan fingerprint density at radius 3 is 2.46 bits per heavy atom. The van der Waals surface area contributed by atoms with Gasteiger partial charge in [0.1, 0.15) is 12.1 Å².